The molecule has 4 rings (SSSR count). The summed E-state index contributed by atoms with van der Waals surface area (Å²) >= 11 is 3.74. The average molecular weight is 352 g/mol. The highest BCUT2D eigenvalue weighted by Gasteiger charge is 2.18. The normalized spacial score (nSPS) is 13.9. The number of nitrogens with zero attached hydrogens (tertiary/aromatic N) is 1. The van der Waals surface area contributed by atoms with Crippen LogP contribution in [-0.4, -0.2) is 4.57 Å². The van der Waals surface area contributed by atoms with Crippen molar-refractivity contribution in [2.45, 2.75) is 25.7 Å². The number of rotatable bonds is 2. The SMILES string of the molecule is Brc1cn(-c2cccc(-c3ccccc3)c2)c2c1CCCC2. The Kier molecular flexibility index (Phi) is 3.63. The van der Waals surface area contributed by atoms with Crippen molar-refractivity contribution in [2.75, 3.05) is 0 Å². The molecule has 0 spiro atoms. The number of benzene rings is 2. The first-order chi connectivity index (χ1) is 10.8. The van der Waals surface area contributed by atoms with Crippen molar-refractivity contribution in [1.82, 2.24) is 4.57 Å². The van der Waals surface area contributed by atoms with E-state index < -0.39 is 0 Å². The molecule has 1 aliphatic carbocycles. The van der Waals surface area contributed by atoms with Gasteiger partial charge in [-0.3, -0.25) is 0 Å². The van der Waals surface area contributed by atoms with Gasteiger partial charge in [-0.15, -0.1) is 0 Å². The molecule has 0 aliphatic heterocycles. The molecule has 1 aromatic heterocycles. The standard InChI is InChI=1S/C20H18BrN/c21-19-14-22(20-12-5-4-11-18(19)20)17-10-6-9-16(13-17)15-7-2-1-3-8-15/h1-3,6-10,13-14H,4-5,11-12H2. The molecule has 0 saturated carbocycles. The zero-order chi connectivity index (χ0) is 14.9. The predicted molar refractivity (Wildman–Crippen MR) is 95.5 cm³/mol. The van der Waals surface area contributed by atoms with E-state index >= 15 is 0 Å². The molecular weight excluding hydrogens is 334 g/mol. The van der Waals surface area contributed by atoms with Gasteiger partial charge in [0.2, 0.25) is 0 Å². The zero-order valence-corrected chi connectivity index (χ0v) is 14.0. The van der Waals surface area contributed by atoms with E-state index in [1.807, 2.05) is 0 Å². The van der Waals surface area contributed by atoms with Crippen molar-refractivity contribution in [1.29, 1.82) is 0 Å². The second kappa shape index (κ2) is 5.77. The monoisotopic (exact) mass is 351 g/mol. The molecule has 0 atom stereocenters. The van der Waals surface area contributed by atoms with Gasteiger partial charge >= 0.3 is 0 Å². The van der Waals surface area contributed by atoms with Gasteiger partial charge in [-0.1, -0.05) is 42.5 Å². The van der Waals surface area contributed by atoms with Crippen LogP contribution in [0.4, 0.5) is 0 Å². The molecule has 1 nitrogen and oxygen atoms in total. The predicted octanol–water partition coefficient (Wildman–Crippen LogP) is 5.79. The van der Waals surface area contributed by atoms with Crippen LogP contribution in [0.2, 0.25) is 0 Å². The maximum absolute atomic E-state index is 3.74. The maximum Gasteiger partial charge on any atom is 0.0459 e. The Balaban J connectivity index is 1.81. The van der Waals surface area contributed by atoms with Crippen molar-refractivity contribution in [2.24, 2.45) is 0 Å². The third-order valence-electron chi connectivity index (χ3n) is 4.49. The fourth-order valence-corrected chi connectivity index (χ4v) is 4.01. The lowest BCUT2D eigenvalue weighted by Crippen LogP contribution is -2.06. The summed E-state index contributed by atoms with van der Waals surface area (Å²) in [4.78, 5) is 0. The lowest BCUT2D eigenvalue weighted by molar-refractivity contribution is 0.662. The lowest BCUT2D eigenvalue weighted by Gasteiger charge is -2.16. The minimum absolute atomic E-state index is 1.18. The van der Waals surface area contributed by atoms with E-state index in [4.69, 9.17) is 0 Å². The molecule has 0 saturated heterocycles. The van der Waals surface area contributed by atoms with Crippen LogP contribution in [-0.2, 0) is 12.8 Å². The zero-order valence-electron chi connectivity index (χ0n) is 12.4. The molecule has 3 aromatic rings. The van der Waals surface area contributed by atoms with Crippen molar-refractivity contribution in [3.05, 3.63) is 76.5 Å². The fourth-order valence-electron chi connectivity index (χ4n) is 3.38. The summed E-state index contributed by atoms with van der Waals surface area (Å²) in [5.74, 6) is 0. The minimum atomic E-state index is 1.18. The maximum atomic E-state index is 3.74. The quantitative estimate of drug-likeness (QED) is 0.550. The number of hydrogen-bond acceptors (Lipinski definition) is 0. The van der Waals surface area contributed by atoms with E-state index in [-0.39, 0.29) is 0 Å². The molecule has 1 heterocycles. The highest BCUT2D eigenvalue weighted by Crippen LogP contribution is 2.33. The van der Waals surface area contributed by atoms with E-state index in [0.29, 0.717) is 0 Å². The van der Waals surface area contributed by atoms with E-state index in [9.17, 15) is 0 Å². The third kappa shape index (κ3) is 2.42. The molecule has 0 fully saturated rings. The van der Waals surface area contributed by atoms with Gasteiger partial charge in [0.1, 0.15) is 0 Å². The molecule has 2 heteroatoms. The summed E-state index contributed by atoms with van der Waals surface area (Å²) in [5, 5.41) is 0. The molecule has 0 bridgehead atoms. The van der Waals surface area contributed by atoms with Crippen molar-refractivity contribution in [3.63, 3.8) is 0 Å². The van der Waals surface area contributed by atoms with Crippen LogP contribution in [0.3, 0.4) is 0 Å². The second-order valence-corrected chi connectivity index (χ2v) is 6.75. The van der Waals surface area contributed by atoms with Gasteiger partial charge in [-0.05, 0) is 70.4 Å². The summed E-state index contributed by atoms with van der Waals surface area (Å²) in [6, 6.07) is 19.4. The van der Waals surface area contributed by atoms with Crippen molar-refractivity contribution < 1.29 is 0 Å². The molecule has 0 amide bonds. The summed E-state index contributed by atoms with van der Waals surface area (Å²) in [6.45, 7) is 0. The van der Waals surface area contributed by atoms with Crippen molar-refractivity contribution >= 4 is 15.9 Å². The Morgan fingerprint density at radius 2 is 1.59 bits per heavy atom. The Bertz CT molecular complexity index is 802. The Hall–Kier alpha value is -1.80. The summed E-state index contributed by atoms with van der Waals surface area (Å²) in [6.07, 6.45) is 7.21. The molecule has 2 aromatic carbocycles. The molecular formula is C20H18BrN. The van der Waals surface area contributed by atoms with Crippen LogP contribution in [0.25, 0.3) is 16.8 Å². The van der Waals surface area contributed by atoms with Gasteiger partial charge in [-0.2, -0.15) is 0 Å². The van der Waals surface area contributed by atoms with E-state index in [2.05, 4.69) is 81.3 Å². The van der Waals surface area contributed by atoms with E-state index in [1.54, 1.807) is 0 Å². The molecule has 1 aliphatic rings. The highest BCUT2D eigenvalue weighted by atomic mass is 79.9. The van der Waals surface area contributed by atoms with E-state index in [0.717, 1.165) is 0 Å². The summed E-state index contributed by atoms with van der Waals surface area (Å²) < 4.78 is 3.62. The van der Waals surface area contributed by atoms with Gasteiger partial charge in [-0.25, -0.2) is 0 Å². The molecule has 0 N–H and O–H groups in total. The van der Waals surface area contributed by atoms with Crippen LogP contribution in [0, 0.1) is 0 Å². The van der Waals surface area contributed by atoms with Crippen LogP contribution in [0.5, 0.6) is 0 Å². The highest BCUT2D eigenvalue weighted by molar-refractivity contribution is 9.10. The number of fused-ring (bicyclic) bond motifs is 1. The van der Waals surface area contributed by atoms with Gasteiger partial charge in [0.15, 0.2) is 0 Å². The van der Waals surface area contributed by atoms with Gasteiger partial charge in [0.05, 0.1) is 0 Å². The third-order valence-corrected chi connectivity index (χ3v) is 5.18. The van der Waals surface area contributed by atoms with Gasteiger partial charge < -0.3 is 4.57 Å². The number of hydrogen-bond donors (Lipinski definition) is 0. The fraction of sp³-hybridized carbons (Fsp3) is 0.200. The average Bonchev–Trinajstić information content (AvgIpc) is 2.93. The first kappa shape index (κ1) is 13.8. The summed E-state index contributed by atoms with van der Waals surface area (Å²) in [5.41, 5.74) is 6.77. The molecule has 110 valence electrons. The molecule has 22 heavy (non-hydrogen) atoms. The van der Waals surface area contributed by atoms with Crippen LogP contribution in [0.15, 0.2) is 65.3 Å². The number of halogens is 1. The smallest absolute Gasteiger partial charge is 0.0459 e. The lowest BCUT2D eigenvalue weighted by atomic mass is 9.98. The van der Waals surface area contributed by atoms with Crippen LogP contribution < -0.4 is 0 Å². The van der Waals surface area contributed by atoms with Crippen LogP contribution >= 0.6 is 15.9 Å². The largest absolute Gasteiger partial charge is 0.319 e. The molecule has 0 unspecified atom stereocenters. The van der Waals surface area contributed by atoms with Gasteiger partial charge in [0, 0.05) is 22.1 Å². The Labute approximate surface area is 139 Å². The van der Waals surface area contributed by atoms with Crippen LogP contribution in [0.1, 0.15) is 24.1 Å². The Morgan fingerprint density at radius 3 is 2.45 bits per heavy atom. The first-order valence-electron chi connectivity index (χ1n) is 7.87. The minimum Gasteiger partial charge on any atom is -0.319 e. The summed E-state index contributed by atoms with van der Waals surface area (Å²) in [7, 11) is 0. The second-order valence-electron chi connectivity index (χ2n) is 5.90. The van der Waals surface area contributed by atoms with Crippen molar-refractivity contribution in [3.8, 4) is 16.8 Å². The Morgan fingerprint density at radius 1 is 0.818 bits per heavy atom. The first-order valence-corrected chi connectivity index (χ1v) is 8.67. The van der Waals surface area contributed by atoms with Gasteiger partial charge in [0.25, 0.3) is 0 Å². The molecule has 0 radical (unpaired) electrons. The topological polar surface area (TPSA) is 4.93 Å². The number of aromatic nitrogens is 1. The van der Waals surface area contributed by atoms with E-state index in [1.165, 1.54) is 58.2 Å².